The van der Waals surface area contributed by atoms with Gasteiger partial charge in [-0.05, 0) is 20.8 Å². The lowest BCUT2D eigenvalue weighted by Crippen LogP contribution is -2.45. The third-order valence-electron chi connectivity index (χ3n) is 2.10. The number of nitrogens with one attached hydrogen (secondary N) is 1. The van der Waals surface area contributed by atoms with Crippen molar-refractivity contribution >= 4 is 10.0 Å². The van der Waals surface area contributed by atoms with Gasteiger partial charge >= 0.3 is 0 Å². The lowest BCUT2D eigenvalue weighted by molar-refractivity contribution is 0.270. The van der Waals surface area contributed by atoms with Crippen LogP contribution in [-0.4, -0.2) is 35.0 Å². The molecule has 1 aromatic heterocycles. The van der Waals surface area contributed by atoms with E-state index in [-0.39, 0.29) is 11.4 Å². The van der Waals surface area contributed by atoms with Crippen LogP contribution in [0.4, 0.5) is 0 Å². The Bertz CT molecular complexity index is 443. The van der Waals surface area contributed by atoms with E-state index in [1.165, 1.54) is 16.7 Å². The van der Waals surface area contributed by atoms with Gasteiger partial charge in [-0.25, -0.2) is 8.42 Å². The Balaban J connectivity index is 3.18. The van der Waals surface area contributed by atoms with Crippen LogP contribution in [0.5, 0.6) is 0 Å². The van der Waals surface area contributed by atoms with Gasteiger partial charge in [0.25, 0.3) is 0 Å². The molecule has 16 heavy (non-hydrogen) atoms. The van der Waals surface area contributed by atoms with Gasteiger partial charge in [-0.2, -0.15) is 9.40 Å². The first-order valence-electron chi connectivity index (χ1n) is 4.92. The van der Waals surface area contributed by atoms with Gasteiger partial charge in [0.2, 0.25) is 10.0 Å². The van der Waals surface area contributed by atoms with Crippen molar-refractivity contribution in [2.24, 2.45) is 0 Å². The van der Waals surface area contributed by atoms with Crippen LogP contribution in [0.15, 0.2) is 29.9 Å². The molecular weight excluding hydrogens is 226 g/mol. The van der Waals surface area contributed by atoms with Crippen LogP contribution in [0.3, 0.4) is 0 Å². The largest absolute Gasteiger partial charge is 0.284 e. The average Bonchev–Trinajstić information content (AvgIpc) is 2.64. The summed E-state index contributed by atoms with van der Waals surface area (Å²) in [6.45, 7) is 9.38. The molecule has 0 bridgehead atoms. The van der Waals surface area contributed by atoms with E-state index >= 15 is 0 Å². The van der Waals surface area contributed by atoms with Crippen LogP contribution in [0, 0.1) is 0 Å². The fourth-order valence-electron chi connectivity index (χ4n) is 1.36. The first-order valence-corrected chi connectivity index (χ1v) is 6.36. The predicted molar refractivity (Wildman–Crippen MR) is 62.4 cm³/mol. The molecule has 0 atom stereocenters. The molecule has 0 saturated heterocycles. The highest BCUT2D eigenvalue weighted by Crippen LogP contribution is 2.23. The summed E-state index contributed by atoms with van der Waals surface area (Å²) in [7, 11) is -3.51. The van der Waals surface area contributed by atoms with Crippen molar-refractivity contribution in [2.45, 2.75) is 31.2 Å². The van der Waals surface area contributed by atoms with Crippen molar-refractivity contribution in [1.29, 1.82) is 0 Å². The Morgan fingerprint density at radius 1 is 1.56 bits per heavy atom. The van der Waals surface area contributed by atoms with Crippen LogP contribution < -0.4 is 0 Å². The highest BCUT2D eigenvalue weighted by Gasteiger charge is 2.33. The number of hydrogen-bond acceptors (Lipinski definition) is 3. The summed E-state index contributed by atoms with van der Waals surface area (Å²) in [6.07, 6.45) is 4.25. The SMILES string of the molecule is C=CCN(C(C)(C)C)S(=O)(=O)c1cn[nH]c1. The van der Waals surface area contributed by atoms with Crippen molar-refractivity contribution < 1.29 is 8.42 Å². The highest BCUT2D eigenvalue weighted by atomic mass is 32.2. The molecule has 0 fully saturated rings. The maximum atomic E-state index is 12.2. The highest BCUT2D eigenvalue weighted by molar-refractivity contribution is 7.89. The maximum Gasteiger partial charge on any atom is 0.246 e. The number of aromatic amines is 1. The molecule has 0 aliphatic carbocycles. The Morgan fingerprint density at radius 3 is 2.56 bits per heavy atom. The van der Waals surface area contributed by atoms with Crippen molar-refractivity contribution in [3.8, 4) is 0 Å². The van der Waals surface area contributed by atoms with Crippen LogP contribution in [-0.2, 0) is 10.0 Å². The van der Waals surface area contributed by atoms with E-state index in [9.17, 15) is 8.42 Å². The van der Waals surface area contributed by atoms with Crippen molar-refractivity contribution in [3.63, 3.8) is 0 Å². The minimum atomic E-state index is -3.51. The zero-order valence-corrected chi connectivity index (χ0v) is 10.6. The minimum Gasteiger partial charge on any atom is -0.284 e. The van der Waals surface area contributed by atoms with Gasteiger partial charge < -0.3 is 0 Å². The number of H-pyrrole nitrogens is 1. The van der Waals surface area contributed by atoms with Crippen LogP contribution in [0.1, 0.15) is 20.8 Å². The number of rotatable bonds is 4. The van der Waals surface area contributed by atoms with E-state index in [2.05, 4.69) is 16.8 Å². The second-order valence-electron chi connectivity index (χ2n) is 4.43. The number of aromatic nitrogens is 2. The molecule has 6 heteroatoms. The molecule has 0 aliphatic rings. The summed E-state index contributed by atoms with van der Waals surface area (Å²) in [6, 6.07) is 0. The summed E-state index contributed by atoms with van der Waals surface area (Å²) in [4.78, 5) is 0.171. The standard InChI is InChI=1S/C10H17N3O2S/c1-5-6-13(10(2,3)4)16(14,15)9-7-11-12-8-9/h5,7-8H,1,6H2,2-4H3,(H,11,12). The third-order valence-corrected chi connectivity index (χ3v) is 4.20. The summed E-state index contributed by atoms with van der Waals surface area (Å²) in [5.74, 6) is 0. The normalized spacial score (nSPS) is 13.0. The Hall–Kier alpha value is -1.14. The van der Waals surface area contributed by atoms with E-state index in [0.29, 0.717) is 0 Å². The molecule has 0 spiro atoms. The third kappa shape index (κ3) is 2.51. The van der Waals surface area contributed by atoms with Gasteiger partial charge in [0.15, 0.2) is 0 Å². The predicted octanol–water partition coefficient (Wildman–Crippen LogP) is 1.38. The first-order chi connectivity index (χ1) is 7.30. The minimum absolute atomic E-state index is 0.171. The molecule has 0 aliphatic heterocycles. The van der Waals surface area contributed by atoms with E-state index in [1.54, 1.807) is 6.08 Å². The Kier molecular flexibility index (Phi) is 3.54. The van der Waals surface area contributed by atoms with E-state index in [4.69, 9.17) is 0 Å². The lowest BCUT2D eigenvalue weighted by Gasteiger charge is -2.33. The molecule has 0 radical (unpaired) electrons. The number of hydrogen-bond donors (Lipinski definition) is 1. The topological polar surface area (TPSA) is 66.1 Å². The van der Waals surface area contributed by atoms with E-state index < -0.39 is 15.6 Å². The van der Waals surface area contributed by atoms with Crippen LogP contribution in [0.25, 0.3) is 0 Å². The second kappa shape index (κ2) is 4.39. The summed E-state index contributed by atoms with van der Waals surface area (Å²) in [5, 5.41) is 6.16. The molecule has 0 aromatic carbocycles. The molecule has 5 nitrogen and oxygen atoms in total. The smallest absolute Gasteiger partial charge is 0.246 e. The zero-order chi connectivity index (χ0) is 12.4. The molecule has 90 valence electrons. The first kappa shape index (κ1) is 12.9. The van der Waals surface area contributed by atoms with E-state index in [1.807, 2.05) is 20.8 Å². The van der Waals surface area contributed by atoms with Gasteiger partial charge in [0.1, 0.15) is 4.90 Å². The second-order valence-corrected chi connectivity index (χ2v) is 6.29. The Morgan fingerprint density at radius 2 is 2.19 bits per heavy atom. The lowest BCUT2D eigenvalue weighted by atomic mass is 10.1. The molecule has 0 amide bonds. The molecule has 0 saturated carbocycles. The molecule has 0 unspecified atom stereocenters. The van der Waals surface area contributed by atoms with Crippen molar-refractivity contribution in [1.82, 2.24) is 14.5 Å². The maximum absolute atomic E-state index is 12.2. The fraction of sp³-hybridized carbons (Fsp3) is 0.500. The van der Waals surface area contributed by atoms with Crippen molar-refractivity contribution in [2.75, 3.05) is 6.54 Å². The molecule has 1 N–H and O–H groups in total. The van der Waals surface area contributed by atoms with Gasteiger partial charge in [-0.15, -0.1) is 6.58 Å². The van der Waals surface area contributed by atoms with Gasteiger partial charge in [-0.1, -0.05) is 6.08 Å². The molecule has 1 heterocycles. The molecule has 1 rings (SSSR count). The van der Waals surface area contributed by atoms with Crippen LogP contribution >= 0.6 is 0 Å². The summed E-state index contributed by atoms with van der Waals surface area (Å²) in [5.41, 5.74) is -0.496. The summed E-state index contributed by atoms with van der Waals surface area (Å²) >= 11 is 0. The average molecular weight is 243 g/mol. The zero-order valence-electron chi connectivity index (χ0n) is 9.77. The van der Waals surface area contributed by atoms with Gasteiger partial charge in [-0.3, -0.25) is 5.10 Å². The van der Waals surface area contributed by atoms with E-state index in [0.717, 1.165) is 0 Å². The number of nitrogens with zero attached hydrogens (tertiary/aromatic N) is 2. The Labute approximate surface area is 96.2 Å². The molecule has 1 aromatic rings. The number of sulfonamides is 1. The molecular formula is C10H17N3O2S. The monoisotopic (exact) mass is 243 g/mol. The van der Waals surface area contributed by atoms with Gasteiger partial charge in [0, 0.05) is 18.3 Å². The van der Waals surface area contributed by atoms with Gasteiger partial charge in [0.05, 0.1) is 6.20 Å². The van der Waals surface area contributed by atoms with Crippen LogP contribution in [0.2, 0.25) is 0 Å². The summed E-state index contributed by atoms with van der Waals surface area (Å²) < 4.78 is 25.9. The van der Waals surface area contributed by atoms with Crippen molar-refractivity contribution in [3.05, 3.63) is 25.0 Å². The fourth-order valence-corrected chi connectivity index (χ4v) is 3.02. The quantitative estimate of drug-likeness (QED) is 0.812.